The van der Waals surface area contributed by atoms with Crippen LogP contribution in [-0.2, 0) is 15.5 Å². The Morgan fingerprint density at radius 2 is 2.11 bits per heavy atom. The van der Waals surface area contributed by atoms with Crippen molar-refractivity contribution in [3.63, 3.8) is 0 Å². The van der Waals surface area contributed by atoms with Crippen LogP contribution in [0.15, 0.2) is 30.5 Å². The maximum absolute atomic E-state index is 14.6. The topological polar surface area (TPSA) is 86.2 Å². The van der Waals surface area contributed by atoms with Crippen molar-refractivity contribution in [3.05, 3.63) is 60.4 Å². The van der Waals surface area contributed by atoms with E-state index in [1.807, 2.05) is 19.9 Å². The molecule has 188 valence electrons. The number of nitrogens with zero attached hydrogens (tertiary/aromatic N) is 3. The van der Waals surface area contributed by atoms with E-state index in [1.165, 1.54) is 13.0 Å². The molecule has 0 amide bonds. The summed E-state index contributed by atoms with van der Waals surface area (Å²) in [4.78, 5) is 22.9. The van der Waals surface area contributed by atoms with Gasteiger partial charge in [-0.1, -0.05) is 50.8 Å². The predicted molar refractivity (Wildman–Crippen MR) is 129 cm³/mol. The summed E-state index contributed by atoms with van der Waals surface area (Å²) >= 11 is 0. The van der Waals surface area contributed by atoms with Gasteiger partial charge in [-0.3, -0.25) is 4.98 Å². The van der Waals surface area contributed by atoms with Gasteiger partial charge in [0, 0.05) is 17.9 Å². The normalized spacial score (nSPS) is 17.2. The quantitative estimate of drug-likeness (QED) is 0.334. The Balaban J connectivity index is 0.000000584. The number of halogens is 2. The van der Waals surface area contributed by atoms with Crippen LogP contribution in [0.3, 0.4) is 0 Å². The number of ether oxygens (including phenoxy) is 2. The number of aromatic nitrogens is 3. The fourth-order valence-corrected chi connectivity index (χ4v) is 3.65. The van der Waals surface area contributed by atoms with Gasteiger partial charge in [0.2, 0.25) is 0 Å². The molecule has 2 bridgehead atoms. The minimum atomic E-state index is -2.96. The summed E-state index contributed by atoms with van der Waals surface area (Å²) in [5, 5.41) is 4.10. The van der Waals surface area contributed by atoms with Gasteiger partial charge in [-0.15, -0.1) is 0 Å². The SMILES string of the molecule is CCC(F)(F)c1cccc2c1OCCC(C)c1nc(c3c[c-]cnc3n1)N[C@@H]2C.[CH2-]COC[C-]=O.[Li+]. The number of alkyl halides is 2. The Labute approximate surface area is 222 Å². The molecule has 1 aliphatic rings. The van der Waals surface area contributed by atoms with E-state index >= 15 is 0 Å². The average Bonchev–Trinajstić information content (AvgIpc) is 2.88. The monoisotopic (exact) mass is 490 g/mol. The van der Waals surface area contributed by atoms with Crippen LogP contribution in [0.5, 0.6) is 5.75 Å². The minimum Gasteiger partial charge on any atom is -0.540 e. The Hall–Kier alpha value is -2.60. The number of pyridine rings is 1. The van der Waals surface area contributed by atoms with Crippen LogP contribution >= 0.6 is 0 Å². The largest absolute Gasteiger partial charge is 1.00 e. The van der Waals surface area contributed by atoms with Crippen molar-refractivity contribution < 1.29 is 41.9 Å². The molecular weight excluding hydrogens is 461 g/mol. The van der Waals surface area contributed by atoms with Gasteiger partial charge in [0.05, 0.1) is 29.7 Å². The zero-order valence-corrected chi connectivity index (χ0v) is 21.1. The van der Waals surface area contributed by atoms with Crippen molar-refractivity contribution in [1.82, 2.24) is 15.0 Å². The molecule has 1 N–H and O–H groups in total. The number of fused-ring (bicyclic) bond motifs is 5. The Bertz CT molecular complexity index is 1150. The number of hydrogen-bond acceptors (Lipinski definition) is 7. The summed E-state index contributed by atoms with van der Waals surface area (Å²) in [7, 11) is 0. The molecule has 0 aliphatic carbocycles. The summed E-state index contributed by atoms with van der Waals surface area (Å²) in [5.41, 5.74) is 1.18. The molecule has 0 radical (unpaired) electrons. The smallest absolute Gasteiger partial charge is 0.540 e. The van der Waals surface area contributed by atoms with Crippen molar-refractivity contribution >= 4 is 23.1 Å². The molecule has 3 heterocycles. The molecule has 7 nitrogen and oxygen atoms in total. The molecule has 36 heavy (non-hydrogen) atoms. The first kappa shape index (κ1) is 29.6. The van der Waals surface area contributed by atoms with E-state index in [0.717, 1.165) is 5.39 Å². The molecule has 1 unspecified atom stereocenters. The average molecular weight is 490 g/mol. The third-order valence-corrected chi connectivity index (χ3v) is 5.68. The summed E-state index contributed by atoms with van der Waals surface area (Å²) in [5.74, 6) is -1.45. The molecule has 10 heteroatoms. The van der Waals surface area contributed by atoms with E-state index < -0.39 is 5.92 Å². The molecular formula is C26H29F2LiN4O3-2. The second kappa shape index (κ2) is 13.6. The maximum Gasteiger partial charge on any atom is 1.00 e. The van der Waals surface area contributed by atoms with Gasteiger partial charge in [0.25, 0.3) is 5.92 Å². The van der Waals surface area contributed by atoms with Crippen LogP contribution in [0.4, 0.5) is 14.6 Å². The Morgan fingerprint density at radius 3 is 2.78 bits per heavy atom. The van der Waals surface area contributed by atoms with Gasteiger partial charge >= 0.3 is 18.9 Å². The molecule has 2 aromatic heterocycles. The Kier molecular flexibility index (Phi) is 11.2. The number of anilines is 1. The van der Waals surface area contributed by atoms with E-state index in [9.17, 15) is 13.6 Å². The van der Waals surface area contributed by atoms with Crippen molar-refractivity contribution in [3.8, 4) is 5.75 Å². The second-order valence-electron chi connectivity index (χ2n) is 8.12. The number of benzene rings is 1. The number of carbonyl (C=O) groups excluding carboxylic acids is 1. The van der Waals surface area contributed by atoms with Gasteiger partial charge in [-0.25, -0.2) is 37.2 Å². The number of nitrogens with one attached hydrogen (secondary N) is 1. The van der Waals surface area contributed by atoms with Gasteiger partial charge in [-0.05, 0) is 19.4 Å². The van der Waals surface area contributed by atoms with Crippen molar-refractivity contribution in [1.29, 1.82) is 0 Å². The van der Waals surface area contributed by atoms with Gasteiger partial charge in [0.15, 0.2) is 0 Å². The first-order valence-electron chi connectivity index (χ1n) is 11.5. The van der Waals surface area contributed by atoms with Gasteiger partial charge < -0.3 is 26.5 Å². The summed E-state index contributed by atoms with van der Waals surface area (Å²) in [6.07, 6.45) is 3.45. The number of para-hydroxylation sites is 1. The second-order valence-corrected chi connectivity index (χ2v) is 8.12. The van der Waals surface area contributed by atoms with E-state index in [2.05, 4.69) is 33.0 Å². The van der Waals surface area contributed by atoms with E-state index in [0.29, 0.717) is 42.5 Å². The third kappa shape index (κ3) is 7.00. The van der Waals surface area contributed by atoms with E-state index in [-0.39, 0.29) is 55.2 Å². The fraction of sp³-hybridized carbons (Fsp3) is 0.423. The summed E-state index contributed by atoms with van der Waals surface area (Å²) in [6, 6.07) is 9.35. The van der Waals surface area contributed by atoms with Gasteiger partial charge in [0.1, 0.15) is 11.6 Å². The molecule has 1 aliphatic heterocycles. The minimum absolute atomic E-state index is 0. The fourth-order valence-electron chi connectivity index (χ4n) is 3.65. The van der Waals surface area contributed by atoms with Crippen molar-refractivity contribution in [2.24, 2.45) is 0 Å². The van der Waals surface area contributed by atoms with Crippen LogP contribution in [0, 0.1) is 13.0 Å². The summed E-state index contributed by atoms with van der Waals surface area (Å²) in [6.45, 7) is 9.39. The first-order valence-corrected chi connectivity index (χ1v) is 11.5. The predicted octanol–water partition coefficient (Wildman–Crippen LogP) is 2.34. The first-order chi connectivity index (χ1) is 16.8. The van der Waals surface area contributed by atoms with Crippen LogP contribution in [0.25, 0.3) is 11.0 Å². The molecule has 4 rings (SSSR count). The molecule has 0 saturated carbocycles. The van der Waals surface area contributed by atoms with Crippen LogP contribution < -0.4 is 28.9 Å². The van der Waals surface area contributed by atoms with Gasteiger partial charge in [-0.2, -0.15) is 0 Å². The summed E-state index contributed by atoms with van der Waals surface area (Å²) < 4.78 is 39.7. The third-order valence-electron chi connectivity index (χ3n) is 5.68. The van der Waals surface area contributed by atoms with E-state index in [1.54, 1.807) is 24.6 Å². The molecule has 2 atom stereocenters. The number of rotatable bonds is 5. The van der Waals surface area contributed by atoms with Crippen LogP contribution in [0.1, 0.15) is 62.5 Å². The van der Waals surface area contributed by atoms with Crippen molar-refractivity contribution in [2.45, 2.75) is 51.5 Å². The van der Waals surface area contributed by atoms with Crippen molar-refractivity contribution in [2.75, 3.05) is 25.1 Å². The standard InChI is InChI=1S/C22H23F2N4O.C4H6O2.Li/c1-4-22(23,24)17-9-5-7-15-14(3)26-21-16-8-6-11-25-20(16)27-19(28-21)13(2)10-12-29-18(15)17;1-2-6-4-3-5;/h5,7-9,11,13-14H,4,10,12H2,1-3H3,(H,25,26,27,28);1-2,4H2;/q-1;-2;+1/t13?,14-;;/m1../s1. The zero-order chi connectivity index (χ0) is 25.4. The Morgan fingerprint density at radius 1 is 1.33 bits per heavy atom. The van der Waals surface area contributed by atoms with Crippen LogP contribution in [-0.4, -0.2) is 41.1 Å². The molecule has 1 aromatic carbocycles. The molecule has 0 fully saturated rings. The molecule has 3 aromatic rings. The maximum atomic E-state index is 14.6. The molecule has 0 saturated heterocycles. The number of hydrogen-bond donors (Lipinski definition) is 1. The van der Waals surface area contributed by atoms with E-state index in [4.69, 9.17) is 9.72 Å². The van der Waals surface area contributed by atoms with Crippen LogP contribution in [0.2, 0.25) is 0 Å². The molecule has 0 spiro atoms. The zero-order valence-electron chi connectivity index (χ0n) is 21.1.